The van der Waals surface area contributed by atoms with Gasteiger partial charge in [-0.15, -0.1) is 0 Å². The largest absolute Gasteiger partial charge is 0.287 e. The van der Waals surface area contributed by atoms with Crippen LogP contribution in [-0.2, 0) is 11.2 Å². The van der Waals surface area contributed by atoms with Crippen molar-refractivity contribution in [2.45, 2.75) is 25.2 Å². The van der Waals surface area contributed by atoms with Gasteiger partial charge in [0, 0.05) is 12.0 Å². The summed E-state index contributed by atoms with van der Waals surface area (Å²) >= 11 is 0. The lowest BCUT2D eigenvalue weighted by Crippen LogP contribution is -2.42. The average Bonchev–Trinajstić information content (AvgIpc) is 3.35. The van der Waals surface area contributed by atoms with Crippen molar-refractivity contribution in [3.8, 4) is 11.3 Å². The molecule has 1 aliphatic rings. The maximum Gasteiger partial charge on any atom is 0.287 e. The Hall–Kier alpha value is -3.41. The molecule has 3 N–H and O–H groups in total. The number of aromatic nitrogens is 2. The first kappa shape index (κ1) is 17.0. The third-order valence-electron chi connectivity index (χ3n) is 4.90. The van der Waals surface area contributed by atoms with Gasteiger partial charge < -0.3 is 0 Å². The van der Waals surface area contributed by atoms with E-state index in [9.17, 15) is 9.59 Å². The highest BCUT2D eigenvalue weighted by atomic mass is 16.2. The number of aromatic amines is 1. The molecule has 0 spiro atoms. The van der Waals surface area contributed by atoms with Gasteiger partial charge in [0.15, 0.2) is 0 Å². The summed E-state index contributed by atoms with van der Waals surface area (Å²) in [5.41, 5.74) is 9.38. The van der Waals surface area contributed by atoms with Crippen LogP contribution in [-0.4, -0.2) is 22.0 Å². The number of hydrogen-bond acceptors (Lipinski definition) is 3. The predicted octanol–water partition coefficient (Wildman–Crippen LogP) is 2.96. The monoisotopic (exact) mass is 360 g/mol. The molecule has 6 heteroatoms. The van der Waals surface area contributed by atoms with Crippen LogP contribution >= 0.6 is 0 Å². The Balaban J connectivity index is 1.32. The Kier molecular flexibility index (Phi) is 4.70. The van der Waals surface area contributed by atoms with Gasteiger partial charge in [0.2, 0.25) is 5.91 Å². The summed E-state index contributed by atoms with van der Waals surface area (Å²) in [5.74, 6) is -0.423. The van der Waals surface area contributed by atoms with E-state index in [1.54, 1.807) is 6.07 Å². The standard InChI is InChI=1S/C21H20N4O2/c26-20(12-16-11-10-14-6-4-5-9-17(14)16)24-25-21(27)19-13-18(22-23-19)15-7-2-1-3-8-15/h1-9,13,16H,10-12H2,(H,22,23)(H,24,26)(H,25,27). The van der Waals surface area contributed by atoms with Crippen molar-refractivity contribution in [2.75, 3.05) is 0 Å². The fraction of sp³-hybridized carbons (Fsp3) is 0.190. The number of hydrogen-bond donors (Lipinski definition) is 3. The van der Waals surface area contributed by atoms with Crippen molar-refractivity contribution in [1.82, 2.24) is 21.0 Å². The van der Waals surface area contributed by atoms with Crippen molar-refractivity contribution in [2.24, 2.45) is 0 Å². The molecule has 0 radical (unpaired) electrons. The summed E-state index contributed by atoms with van der Waals surface area (Å²) in [6, 6.07) is 19.4. The van der Waals surface area contributed by atoms with Crippen LogP contribution in [0.1, 0.15) is 40.4 Å². The number of aryl methyl sites for hydroxylation is 1. The van der Waals surface area contributed by atoms with E-state index in [4.69, 9.17) is 0 Å². The lowest BCUT2D eigenvalue weighted by molar-refractivity contribution is -0.122. The molecule has 2 aromatic carbocycles. The predicted molar refractivity (Wildman–Crippen MR) is 102 cm³/mol. The number of H-pyrrole nitrogens is 1. The minimum absolute atomic E-state index is 0.201. The van der Waals surface area contributed by atoms with Crippen LogP contribution in [0.5, 0.6) is 0 Å². The van der Waals surface area contributed by atoms with Crippen LogP contribution < -0.4 is 10.9 Å². The molecule has 1 heterocycles. The van der Waals surface area contributed by atoms with E-state index >= 15 is 0 Å². The third-order valence-corrected chi connectivity index (χ3v) is 4.90. The minimum atomic E-state index is -0.426. The Morgan fingerprint density at radius 2 is 1.81 bits per heavy atom. The maximum absolute atomic E-state index is 12.2. The van der Waals surface area contributed by atoms with E-state index in [-0.39, 0.29) is 11.8 Å². The number of rotatable bonds is 4. The summed E-state index contributed by atoms with van der Waals surface area (Å²) in [7, 11) is 0. The molecular formula is C21H20N4O2. The Morgan fingerprint density at radius 1 is 1.04 bits per heavy atom. The number of hydrazine groups is 1. The highest BCUT2D eigenvalue weighted by molar-refractivity contribution is 5.94. The summed E-state index contributed by atoms with van der Waals surface area (Å²) in [6.45, 7) is 0. The van der Waals surface area contributed by atoms with Gasteiger partial charge in [-0.3, -0.25) is 25.5 Å². The van der Waals surface area contributed by atoms with Crippen LogP contribution in [0.25, 0.3) is 11.3 Å². The molecule has 3 aromatic rings. The van der Waals surface area contributed by atoms with E-state index < -0.39 is 5.91 Å². The average molecular weight is 360 g/mol. The number of carbonyl (C=O) groups is 2. The van der Waals surface area contributed by atoms with E-state index in [0.717, 1.165) is 18.4 Å². The van der Waals surface area contributed by atoms with Crippen LogP contribution in [0.3, 0.4) is 0 Å². The van der Waals surface area contributed by atoms with Crippen LogP contribution in [0.15, 0.2) is 60.7 Å². The maximum atomic E-state index is 12.2. The van der Waals surface area contributed by atoms with E-state index in [1.165, 1.54) is 11.1 Å². The van der Waals surface area contributed by atoms with Gasteiger partial charge in [-0.1, -0.05) is 54.6 Å². The molecule has 2 amide bonds. The van der Waals surface area contributed by atoms with E-state index in [0.29, 0.717) is 17.8 Å². The van der Waals surface area contributed by atoms with Crippen LogP contribution in [0.4, 0.5) is 0 Å². The van der Waals surface area contributed by atoms with E-state index in [2.05, 4.69) is 33.2 Å². The summed E-state index contributed by atoms with van der Waals surface area (Å²) in [5, 5.41) is 6.84. The topological polar surface area (TPSA) is 86.9 Å². The first-order valence-corrected chi connectivity index (χ1v) is 8.98. The Bertz CT molecular complexity index is 965. The van der Waals surface area contributed by atoms with Crippen molar-refractivity contribution >= 4 is 11.8 Å². The number of amides is 2. The molecule has 0 saturated heterocycles. The quantitative estimate of drug-likeness (QED) is 0.625. The van der Waals surface area contributed by atoms with E-state index in [1.807, 2.05) is 42.5 Å². The molecule has 0 bridgehead atoms. The SMILES string of the molecule is O=C(CC1CCc2ccccc21)NNC(=O)c1cc(-c2ccccc2)n[nH]1. The molecule has 1 aromatic heterocycles. The summed E-state index contributed by atoms with van der Waals surface area (Å²) in [4.78, 5) is 24.5. The lowest BCUT2D eigenvalue weighted by Gasteiger charge is -2.12. The number of nitrogens with one attached hydrogen (secondary N) is 3. The smallest absolute Gasteiger partial charge is 0.273 e. The molecule has 0 saturated carbocycles. The first-order valence-electron chi connectivity index (χ1n) is 8.98. The Labute approximate surface area is 157 Å². The van der Waals surface area contributed by atoms with Gasteiger partial charge in [-0.05, 0) is 36.0 Å². The second-order valence-corrected chi connectivity index (χ2v) is 6.67. The normalized spacial score (nSPS) is 15.2. The zero-order valence-electron chi connectivity index (χ0n) is 14.7. The highest BCUT2D eigenvalue weighted by Gasteiger charge is 2.24. The highest BCUT2D eigenvalue weighted by Crippen LogP contribution is 2.34. The molecule has 0 fully saturated rings. The molecule has 1 atom stereocenters. The number of benzene rings is 2. The first-order chi connectivity index (χ1) is 13.2. The molecule has 27 heavy (non-hydrogen) atoms. The molecule has 6 nitrogen and oxygen atoms in total. The zero-order valence-corrected chi connectivity index (χ0v) is 14.7. The molecule has 1 aliphatic carbocycles. The number of carbonyl (C=O) groups excluding carboxylic acids is 2. The van der Waals surface area contributed by atoms with Gasteiger partial charge in [0.1, 0.15) is 5.69 Å². The van der Waals surface area contributed by atoms with Gasteiger partial charge >= 0.3 is 0 Å². The molecule has 4 rings (SSSR count). The fourth-order valence-electron chi connectivity index (χ4n) is 3.52. The van der Waals surface area contributed by atoms with Crippen molar-refractivity contribution in [3.63, 3.8) is 0 Å². The Morgan fingerprint density at radius 3 is 2.67 bits per heavy atom. The van der Waals surface area contributed by atoms with Gasteiger partial charge in [-0.25, -0.2) is 0 Å². The molecule has 0 aliphatic heterocycles. The van der Waals surface area contributed by atoms with Crippen molar-refractivity contribution in [1.29, 1.82) is 0 Å². The van der Waals surface area contributed by atoms with Gasteiger partial charge in [0.05, 0.1) is 5.69 Å². The second kappa shape index (κ2) is 7.45. The molecule has 1 unspecified atom stereocenters. The van der Waals surface area contributed by atoms with Crippen LogP contribution in [0.2, 0.25) is 0 Å². The summed E-state index contributed by atoms with van der Waals surface area (Å²) < 4.78 is 0. The van der Waals surface area contributed by atoms with Crippen molar-refractivity contribution in [3.05, 3.63) is 77.5 Å². The molecular weight excluding hydrogens is 340 g/mol. The number of nitrogens with zero attached hydrogens (tertiary/aromatic N) is 1. The van der Waals surface area contributed by atoms with Gasteiger partial charge in [-0.2, -0.15) is 5.10 Å². The fourth-order valence-corrected chi connectivity index (χ4v) is 3.52. The molecule has 136 valence electrons. The zero-order chi connectivity index (χ0) is 18.6. The third kappa shape index (κ3) is 3.74. The lowest BCUT2D eigenvalue weighted by atomic mass is 9.98. The van der Waals surface area contributed by atoms with Crippen molar-refractivity contribution < 1.29 is 9.59 Å². The second-order valence-electron chi connectivity index (χ2n) is 6.67. The van der Waals surface area contributed by atoms with Crippen LogP contribution in [0, 0.1) is 0 Å². The number of fused-ring (bicyclic) bond motifs is 1. The summed E-state index contributed by atoms with van der Waals surface area (Å²) in [6.07, 6.45) is 2.31. The minimum Gasteiger partial charge on any atom is -0.273 e. The van der Waals surface area contributed by atoms with Gasteiger partial charge in [0.25, 0.3) is 5.91 Å².